The number of nitrogens with zero attached hydrogens (tertiary/aromatic N) is 1. The van der Waals surface area contributed by atoms with Crippen LogP contribution in [0, 0.1) is 0 Å². The predicted octanol–water partition coefficient (Wildman–Crippen LogP) is 3.66. The van der Waals surface area contributed by atoms with Crippen molar-refractivity contribution in [3.8, 4) is 0 Å². The molecule has 1 aliphatic rings. The molecule has 0 spiro atoms. The second kappa shape index (κ2) is 7.27. The molecule has 0 bridgehead atoms. The molecule has 4 nitrogen and oxygen atoms in total. The Morgan fingerprint density at radius 1 is 1.38 bits per heavy atom. The second-order valence-electron chi connectivity index (χ2n) is 5.05. The lowest BCUT2D eigenvalue weighted by atomic mass is 10.1. The summed E-state index contributed by atoms with van der Waals surface area (Å²) < 4.78 is 5.37. The van der Waals surface area contributed by atoms with E-state index in [0.717, 1.165) is 25.7 Å². The fourth-order valence-electron chi connectivity index (χ4n) is 2.61. The second-order valence-corrected chi connectivity index (χ2v) is 6.28. The van der Waals surface area contributed by atoms with E-state index in [2.05, 4.69) is 15.9 Å². The highest BCUT2D eigenvalue weighted by atomic mass is 79.9. The number of rotatable bonds is 4. The summed E-state index contributed by atoms with van der Waals surface area (Å²) in [7, 11) is 1.33. The molecule has 0 aliphatic heterocycles. The zero-order chi connectivity index (χ0) is 15.4. The predicted molar refractivity (Wildman–Crippen MR) is 84.5 cm³/mol. The molecule has 0 atom stereocenters. The highest BCUT2D eigenvalue weighted by molar-refractivity contribution is 9.10. The summed E-state index contributed by atoms with van der Waals surface area (Å²) in [5.41, 5.74) is 0.404. The lowest BCUT2D eigenvalue weighted by molar-refractivity contribution is -0.141. The fraction of sp³-hybridized carbons (Fsp3) is 0.467. The van der Waals surface area contributed by atoms with E-state index >= 15 is 0 Å². The molecular formula is C15H17BrClNO3. The Balaban J connectivity index is 2.28. The van der Waals surface area contributed by atoms with E-state index in [4.69, 9.17) is 16.3 Å². The van der Waals surface area contributed by atoms with Crippen molar-refractivity contribution in [3.63, 3.8) is 0 Å². The molecule has 0 unspecified atom stereocenters. The van der Waals surface area contributed by atoms with Crippen LogP contribution in [0.1, 0.15) is 36.0 Å². The number of carbonyl (C=O) groups is 2. The van der Waals surface area contributed by atoms with Crippen molar-refractivity contribution in [2.75, 3.05) is 13.7 Å². The lowest BCUT2D eigenvalue weighted by Gasteiger charge is -2.28. The van der Waals surface area contributed by atoms with Gasteiger partial charge >= 0.3 is 5.97 Å². The van der Waals surface area contributed by atoms with Crippen molar-refractivity contribution in [1.82, 2.24) is 4.90 Å². The van der Waals surface area contributed by atoms with Crippen LogP contribution in [0.25, 0.3) is 0 Å². The van der Waals surface area contributed by atoms with E-state index in [1.807, 2.05) is 0 Å². The Kier molecular flexibility index (Phi) is 5.65. The lowest BCUT2D eigenvalue weighted by Crippen LogP contribution is -2.42. The maximum Gasteiger partial charge on any atom is 0.325 e. The first-order valence-electron chi connectivity index (χ1n) is 6.86. The first-order chi connectivity index (χ1) is 10.0. The third-order valence-electron chi connectivity index (χ3n) is 3.74. The van der Waals surface area contributed by atoms with Crippen molar-refractivity contribution in [2.24, 2.45) is 0 Å². The van der Waals surface area contributed by atoms with E-state index in [1.165, 1.54) is 7.11 Å². The SMILES string of the molecule is COC(=O)CN(C(=O)c1cccc(Br)c1Cl)C1CCCC1. The minimum atomic E-state index is -0.415. The summed E-state index contributed by atoms with van der Waals surface area (Å²) in [4.78, 5) is 26.0. The molecule has 1 aliphatic carbocycles. The van der Waals surface area contributed by atoms with Crippen LogP contribution in [0.3, 0.4) is 0 Å². The summed E-state index contributed by atoms with van der Waals surface area (Å²) in [6.45, 7) is -0.0388. The van der Waals surface area contributed by atoms with Gasteiger partial charge in [-0.25, -0.2) is 0 Å². The van der Waals surface area contributed by atoms with Crippen LogP contribution in [-0.4, -0.2) is 36.5 Å². The monoisotopic (exact) mass is 373 g/mol. The van der Waals surface area contributed by atoms with E-state index in [9.17, 15) is 9.59 Å². The number of hydrogen-bond acceptors (Lipinski definition) is 3. The fourth-order valence-corrected chi connectivity index (χ4v) is 3.18. The van der Waals surface area contributed by atoms with Crippen molar-refractivity contribution in [1.29, 1.82) is 0 Å². The van der Waals surface area contributed by atoms with Crippen molar-refractivity contribution >= 4 is 39.4 Å². The maximum absolute atomic E-state index is 12.8. The zero-order valence-corrected chi connectivity index (χ0v) is 14.1. The van der Waals surface area contributed by atoms with E-state index in [-0.39, 0.29) is 18.5 Å². The third-order valence-corrected chi connectivity index (χ3v) is 5.03. The average Bonchev–Trinajstić information content (AvgIpc) is 3.00. The normalized spacial score (nSPS) is 15.0. The van der Waals surface area contributed by atoms with Gasteiger partial charge in [-0.2, -0.15) is 0 Å². The van der Waals surface area contributed by atoms with Gasteiger partial charge in [0.2, 0.25) is 0 Å². The summed E-state index contributed by atoms with van der Waals surface area (Å²) in [6, 6.07) is 5.29. The Hall–Kier alpha value is -1.07. The molecule has 2 rings (SSSR count). The highest BCUT2D eigenvalue weighted by Crippen LogP contribution is 2.30. The van der Waals surface area contributed by atoms with Crippen LogP contribution in [0.2, 0.25) is 5.02 Å². The quantitative estimate of drug-likeness (QED) is 0.756. The Morgan fingerprint density at radius 3 is 2.67 bits per heavy atom. The number of methoxy groups -OCH3 is 1. The number of esters is 1. The van der Waals surface area contributed by atoms with Gasteiger partial charge in [0.1, 0.15) is 6.54 Å². The molecule has 1 saturated carbocycles. The standard InChI is InChI=1S/C15H17BrClNO3/c1-21-13(19)9-18(10-5-2-3-6-10)15(20)11-7-4-8-12(16)14(11)17/h4,7-8,10H,2-3,5-6,9H2,1H3. The molecule has 114 valence electrons. The minimum Gasteiger partial charge on any atom is -0.468 e. The van der Waals surface area contributed by atoms with Gasteiger partial charge in [-0.1, -0.05) is 30.5 Å². The zero-order valence-electron chi connectivity index (χ0n) is 11.8. The van der Waals surface area contributed by atoms with Crippen molar-refractivity contribution in [3.05, 3.63) is 33.3 Å². The average molecular weight is 375 g/mol. The van der Waals surface area contributed by atoms with Crippen LogP contribution in [0.15, 0.2) is 22.7 Å². The Labute approximate surface area is 137 Å². The smallest absolute Gasteiger partial charge is 0.325 e. The molecular weight excluding hydrogens is 358 g/mol. The van der Waals surface area contributed by atoms with Crippen LogP contribution in [-0.2, 0) is 9.53 Å². The Bertz CT molecular complexity index is 544. The maximum atomic E-state index is 12.8. The molecule has 0 radical (unpaired) electrons. The number of carbonyl (C=O) groups excluding carboxylic acids is 2. The molecule has 1 aromatic rings. The van der Waals surface area contributed by atoms with Gasteiger partial charge in [0.25, 0.3) is 5.91 Å². The molecule has 0 N–H and O–H groups in total. The Morgan fingerprint density at radius 2 is 2.05 bits per heavy atom. The molecule has 0 saturated heterocycles. The number of ether oxygens (including phenoxy) is 1. The van der Waals surface area contributed by atoms with Gasteiger partial charge in [-0.3, -0.25) is 9.59 Å². The van der Waals surface area contributed by atoms with Crippen LogP contribution >= 0.6 is 27.5 Å². The van der Waals surface area contributed by atoms with E-state index < -0.39 is 5.97 Å². The van der Waals surface area contributed by atoms with Gasteiger partial charge in [0.15, 0.2) is 0 Å². The molecule has 6 heteroatoms. The van der Waals surface area contributed by atoms with Gasteiger partial charge in [0.05, 0.1) is 17.7 Å². The van der Waals surface area contributed by atoms with Crippen LogP contribution in [0.4, 0.5) is 0 Å². The number of halogens is 2. The topological polar surface area (TPSA) is 46.6 Å². The summed E-state index contributed by atoms with van der Waals surface area (Å²) in [5.74, 6) is -0.639. The number of hydrogen-bond donors (Lipinski definition) is 0. The van der Waals surface area contributed by atoms with Gasteiger partial charge in [0, 0.05) is 10.5 Å². The summed E-state index contributed by atoms with van der Waals surface area (Å²) in [5, 5.41) is 0.371. The van der Waals surface area contributed by atoms with Crippen molar-refractivity contribution in [2.45, 2.75) is 31.7 Å². The van der Waals surface area contributed by atoms with Crippen molar-refractivity contribution < 1.29 is 14.3 Å². The number of amides is 1. The van der Waals surface area contributed by atoms with Gasteiger partial charge in [-0.05, 0) is 40.9 Å². The molecule has 1 aromatic carbocycles. The highest BCUT2D eigenvalue weighted by Gasteiger charge is 2.30. The largest absolute Gasteiger partial charge is 0.468 e. The molecule has 21 heavy (non-hydrogen) atoms. The first-order valence-corrected chi connectivity index (χ1v) is 8.03. The summed E-state index contributed by atoms with van der Waals surface area (Å²) in [6.07, 6.45) is 3.96. The van der Waals surface area contributed by atoms with E-state index in [0.29, 0.717) is 15.1 Å². The minimum absolute atomic E-state index is 0.0388. The molecule has 1 amide bonds. The molecule has 0 heterocycles. The van der Waals surface area contributed by atoms with E-state index in [1.54, 1.807) is 23.1 Å². The van der Waals surface area contributed by atoms with Crippen LogP contribution in [0.5, 0.6) is 0 Å². The van der Waals surface area contributed by atoms with Gasteiger partial charge in [-0.15, -0.1) is 0 Å². The van der Waals surface area contributed by atoms with Crippen LogP contribution < -0.4 is 0 Å². The van der Waals surface area contributed by atoms with Gasteiger partial charge < -0.3 is 9.64 Å². The third kappa shape index (κ3) is 3.77. The molecule has 0 aromatic heterocycles. The first kappa shape index (κ1) is 16.3. The number of benzene rings is 1. The molecule has 1 fully saturated rings. The summed E-state index contributed by atoms with van der Waals surface area (Å²) >= 11 is 9.52.